The third-order valence-electron chi connectivity index (χ3n) is 3.31. The number of hydrogen-bond acceptors (Lipinski definition) is 3. The molecule has 102 valence electrons. The molecule has 19 heavy (non-hydrogen) atoms. The molecule has 1 N–H and O–H groups in total. The van der Waals surface area contributed by atoms with Crippen LogP contribution in [0.1, 0.15) is 36.5 Å². The monoisotopic (exact) mass is 260 g/mol. The zero-order chi connectivity index (χ0) is 13.8. The maximum atomic E-state index is 10.4. The first-order chi connectivity index (χ1) is 9.17. The highest BCUT2D eigenvalue weighted by molar-refractivity contribution is 5.32. The summed E-state index contributed by atoms with van der Waals surface area (Å²) in [7, 11) is 3.57. The Balaban J connectivity index is 2.25. The van der Waals surface area contributed by atoms with Crippen molar-refractivity contribution in [2.75, 3.05) is 7.11 Å². The van der Waals surface area contributed by atoms with Gasteiger partial charge < -0.3 is 14.4 Å². The van der Waals surface area contributed by atoms with Crippen LogP contribution < -0.4 is 4.74 Å². The minimum atomic E-state index is -0.658. The molecule has 0 radical (unpaired) electrons. The lowest BCUT2D eigenvalue weighted by Gasteiger charge is -2.13. The SMILES string of the molecule is CCCc1ncc([C@@H](O)c2ccc(OC)cc2)n1C. The number of methoxy groups -OCH3 is 1. The number of rotatable bonds is 5. The summed E-state index contributed by atoms with van der Waals surface area (Å²) >= 11 is 0. The normalized spacial score (nSPS) is 12.4. The van der Waals surface area contributed by atoms with Crippen molar-refractivity contribution in [1.82, 2.24) is 9.55 Å². The van der Waals surface area contributed by atoms with Gasteiger partial charge in [-0.3, -0.25) is 0 Å². The fourth-order valence-electron chi connectivity index (χ4n) is 2.13. The first-order valence-corrected chi connectivity index (χ1v) is 6.49. The van der Waals surface area contributed by atoms with Crippen LogP contribution in [0.25, 0.3) is 0 Å². The van der Waals surface area contributed by atoms with Crippen LogP contribution in [-0.4, -0.2) is 21.8 Å². The molecule has 1 atom stereocenters. The molecule has 0 spiro atoms. The Morgan fingerprint density at radius 3 is 2.58 bits per heavy atom. The molecule has 2 aromatic rings. The Kier molecular flexibility index (Phi) is 4.22. The fourth-order valence-corrected chi connectivity index (χ4v) is 2.13. The summed E-state index contributed by atoms with van der Waals surface area (Å²) in [5.74, 6) is 1.79. The van der Waals surface area contributed by atoms with Gasteiger partial charge in [-0.15, -0.1) is 0 Å². The topological polar surface area (TPSA) is 47.3 Å². The number of aromatic nitrogens is 2. The van der Waals surface area contributed by atoms with Crippen molar-refractivity contribution >= 4 is 0 Å². The zero-order valence-electron chi connectivity index (χ0n) is 11.6. The Morgan fingerprint density at radius 1 is 1.32 bits per heavy atom. The fraction of sp³-hybridized carbons (Fsp3) is 0.400. The molecule has 4 nitrogen and oxygen atoms in total. The van der Waals surface area contributed by atoms with Crippen LogP contribution >= 0.6 is 0 Å². The van der Waals surface area contributed by atoms with Gasteiger partial charge in [0, 0.05) is 13.5 Å². The molecule has 0 fully saturated rings. The largest absolute Gasteiger partial charge is 0.497 e. The number of aliphatic hydroxyl groups excluding tert-OH is 1. The van der Waals surface area contributed by atoms with Crippen molar-refractivity contribution in [3.05, 3.63) is 47.5 Å². The number of benzene rings is 1. The van der Waals surface area contributed by atoms with Gasteiger partial charge in [0.25, 0.3) is 0 Å². The van der Waals surface area contributed by atoms with Gasteiger partial charge in [-0.2, -0.15) is 0 Å². The van der Waals surface area contributed by atoms with E-state index in [0.717, 1.165) is 35.7 Å². The van der Waals surface area contributed by atoms with E-state index in [-0.39, 0.29) is 0 Å². The van der Waals surface area contributed by atoms with Crippen molar-refractivity contribution < 1.29 is 9.84 Å². The second kappa shape index (κ2) is 5.89. The molecule has 0 bridgehead atoms. The van der Waals surface area contributed by atoms with E-state index in [0.29, 0.717) is 0 Å². The molecule has 0 aliphatic carbocycles. The van der Waals surface area contributed by atoms with Gasteiger partial charge in [-0.25, -0.2) is 4.98 Å². The van der Waals surface area contributed by atoms with Gasteiger partial charge in [-0.1, -0.05) is 19.1 Å². The van der Waals surface area contributed by atoms with Crippen molar-refractivity contribution in [2.24, 2.45) is 7.05 Å². The maximum absolute atomic E-state index is 10.4. The molecule has 1 heterocycles. The van der Waals surface area contributed by atoms with Crippen molar-refractivity contribution in [3.8, 4) is 5.75 Å². The van der Waals surface area contributed by atoms with Crippen molar-refractivity contribution in [2.45, 2.75) is 25.9 Å². The van der Waals surface area contributed by atoms with E-state index in [1.54, 1.807) is 13.3 Å². The van der Waals surface area contributed by atoms with Gasteiger partial charge in [0.15, 0.2) is 0 Å². The smallest absolute Gasteiger partial charge is 0.121 e. The molecule has 0 aliphatic heterocycles. The quantitative estimate of drug-likeness (QED) is 0.898. The Bertz CT molecular complexity index is 532. The highest BCUT2D eigenvalue weighted by Crippen LogP contribution is 2.24. The van der Waals surface area contributed by atoms with E-state index in [1.807, 2.05) is 35.9 Å². The number of aliphatic hydroxyl groups is 1. The maximum Gasteiger partial charge on any atom is 0.121 e. The lowest BCUT2D eigenvalue weighted by molar-refractivity contribution is 0.211. The minimum absolute atomic E-state index is 0.658. The average molecular weight is 260 g/mol. The third-order valence-corrected chi connectivity index (χ3v) is 3.31. The first kappa shape index (κ1) is 13.6. The van der Waals surface area contributed by atoms with Gasteiger partial charge in [0.1, 0.15) is 17.7 Å². The molecule has 0 amide bonds. The standard InChI is InChI=1S/C15H20N2O2/c1-4-5-14-16-10-13(17(14)2)15(18)11-6-8-12(19-3)9-7-11/h6-10,15,18H,4-5H2,1-3H3/t15-/m0/s1. The molecular weight excluding hydrogens is 240 g/mol. The predicted molar refractivity (Wildman–Crippen MR) is 74.3 cm³/mol. The number of ether oxygens (including phenoxy) is 1. The number of imidazole rings is 1. The van der Waals surface area contributed by atoms with E-state index in [4.69, 9.17) is 4.74 Å². The molecule has 0 aliphatic rings. The molecule has 4 heteroatoms. The summed E-state index contributed by atoms with van der Waals surface area (Å²) in [6.07, 6.45) is 3.06. The summed E-state index contributed by atoms with van der Waals surface area (Å²) in [6, 6.07) is 7.44. The average Bonchev–Trinajstić information content (AvgIpc) is 2.80. The summed E-state index contributed by atoms with van der Waals surface area (Å²) in [5, 5.41) is 10.4. The van der Waals surface area contributed by atoms with E-state index in [2.05, 4.69) is 11.9 Å². The molecule has 0 saturated carbocycles. The first-order valence-electron chi connectivity index (χ1n) is 6.49. The number of aryl methyl sites for hydroxylation is 1. The Labute approximate surface area is 113 Å². The molecular formula is C15H20N2O2. The minimum Gasteiger partial charge on any atom is -0.497 e. The van der Waals surface area contributed by atoms with Crippen molar-refractivity contribution in [1.29, 1.82) is 0 Å². The summed E-state index contributed by atoms with van der Waals surface area (Å²) < 4.78 is 7.09. The van der Waals surface area contributed by atoms with E-state index < -0.39 is 6.10 Å². The van der Waals surface area contributed by atoms with E-state index >= 15 is 0 Å². The van der Waals surface area contributed by atoms with Crippen LogP contribution in [0.2, 0.25) is 0 Å². The number of hydrogen-bond donors (Lipinski definition) is 1. The lowest BCUT2D eigenvalue weighted by atomic mass is 10.1. The van der Waals surface area contributed by atoms with E-state index in [9.17, 15) is 5.11 Å². The molecule has 2 rings (SSSR count). The van der Waals surface area contributed by atoms with Crippen LogP contribution in [-0.2, 0) is 13.5 Å². The number of nitrogens with zero attached hydrogens (tertiary/aromatic N) is 2. The highest BCUT2D eigenvalue weighted by Gasteiger charge is 2.16. The van der Waals surface area contributed by atoms with Gasteiger partial charge >= 0.3 is 0 Å². The summed E-state index contributed by atoms with van der Waals surface area (Å²) in [5.41, 5.74) is 1.65. The summed E-state index contributed by atoms with van der Waals surface area (Å²) in [6.45, 7) is 2.12. The molecule has 0 unspecified atom stereocenters. The van der Waals surface area contributed by atoms with Gasteiger partial charge in [-0.05, 0) is 24.1 Å². The predicted octanol–water partition coefficient (Wildman–Crippen LogP) is 2.46. The highest BCUT2D eigenvalue weighted by atomic mass is 16.5. The lowest BCUT2D eigenvalue weighted by Crippen LogP contribution is -2.07. The van der Waals surface area contributed by atoms with Gasteiger partial charge in [0.05, 0.1) is 19.0 Å². The third kappa shape index (κ3) is 2.79. The second-order valence-electron chi connectivity index (χ2n) is 4.58. The Morgan fingerprint density at radius 2 is 2.00 bits per heavy atom. The molecule has 1 aromatic heterocycles. The Hall–Kier alpha value is -1.81. The second-order valence-corrected chi connectivity index (χ2v) is 4.58. The van der Waals surface area contributed by atoms with Crippen LogP contribution in [0, 0.1) is 0 Å². The van der Waals surface area contributed by atoms with Crippen LogP contribution in [0.4, 0.5) is 0 Å². The molecule has 0 saturated heterocycles. The van der Waals surface area contributed by atoms with Gasteiger partial charge in [0.2, 0.25) is 0 Å². The van der Waals surface area contributed by atoms with Crippen LogP contribution in [0.5, 0.6) is 5.75 Å². The molecule has 1 aromatic carbocycles. The van der Waals surface area contributed by atoms with Crippen molar-refractivity contribution in [3.63, 3.8) is 0 Å². The van der Waals surface area contributed by atoms with E-state index in [1.165, 1.54) is 0 Å². The summed E-state index contributed by atoms with van der Waals surface area (Å²) in [4.78, 5) is 4.36. The zero-order valence-corrected chi connectivity index (χ0v) is 11.6. The van der Waals surface area contributed by atoms with Crippen LogP contribution in [0.3, 0.4) is 0 Å². The van der Waals surface area contributed by atoms with Crippen LogP contribution in [0.15, 0.2) is 30.5 Å².